The van der Waals surface area contributed by atoms with Gasteiger partial charge in [-0.25, -0.2) is 0 Å². The van der Waals surface area contributed by atoms with E-state index in [9.17, 15) is 0 Å². The van der Waals surface area contributed by atoms with Gasteiger partial charge < -0.3 is 4.57 Å². The first-order valence-corrected chi connectivity index (χ1v) is 23.4. The first-order chi connectivity index (χ1) is 30.6. The minimum Gasteiger partial charge on any atom is -0.309 e. The van der Waals surface area contributed by atoms with Crippen molar-refractivity contribution in [1.29, 1.82) is 0 Å². The van der Waals surface area contributed by atoms with Crippen molar-refractivity contribution in [2.75, 3.05) is 0 Å². The highest BCUT2D eigenvalue weighted by Crippen LogP contribution is 2.46. The van der Waals surface area contributed by atoms with Crippen molar-refractivity contribution in [2.24, 2.45) is 0 Å². The van der Waals surface area contributed by atoms with E-state index in [1.165, 1.54) is 118 Å². The highest BCUT2D eigenvalue weighted by Gasteiger charge is 2.21. The third-order valence-electron chi connectivity index (χ3n) is 13.2. The maximum absolute atomic E-state index is 2.53. The summed E-state index contributed by atoms with van der Waals surface area (Å²) in [5.74, 6) is 0.350. The first kappa shape index (κ1) is 37.0. The molecule has 3 heterocycles. The van der Waals surface area contributed by atoms with Crippen LogP contribution in [0, 0.1) is 6.92 Å². The standard InChI is InChI=1S/C59H43NS2/c1-3-38(42-35-50(59-52(36-42)48-21-11-14-27-56(48)62-59)41-29-31-57-51(34-41)47-20-10-13-26-55(47)61-57)33-39-16-7-8-19-45(39)44-30-28-40(32-37(44)2)46-23-15-25-54-58(46)49-22-9-12-24-53(49)60(54)43-17-5-4-6-18-43/h4-32,34-36,38H,3,33H2,1-2H3. The van der Waals surface area contributed by atoms with Crippen LogP contribution in [0.25, 0.3) is 101 Å². The van der Waals surface area contributed by atoms with E-state index in [-0.39, 0.29) is 0 Å². The SMILES string of the molecule is CCC(Cc1ccccc1-c1ccc(-c2cccc3c2c2ccccc2n3-c2ccccc2)cc1C)c1cc(-c2ccc3sc4ccccc4c3c2)c2sc3ccccc3c2c1. The summed E-state index contributed by atoms with van der Waals surface area (Å²) in [6.07, 6.45) is 2.02. The molecule has 296 valence electrons. The van der Waals surface area contributed by atoms with Gasteiger partial charge in [-0.15, -0.1) is 22.7 Å². The van der Waals surface area contributed by atoms with Crippen molar-refractivity contribution in [3.05, 3.63) is 211 Å². The van der Waals surface area contributed by atoms with E-state index in [4.69, 9.17) is 0 Å². The fraction of sp³-hybridized carbons (Fsp3) is 0.0847. The molecule has 0 saturated heterocycles. The summed E-state index contributed by atoms with van der Waals surface area (Å²) < 4.78 is 7.82. The Morgan fingerprint density at radius 1 is 0.452 bits per heavy atom. The quantitative estimate of drug-likeness (QED) is 0.144. The average molecular weight is 830 g/mol. The van der Waals surface area contributed by atoms with E-state index in [2.05, 4.69) is 213 Å². The van der Waals surface area contributed by atoms with Crippen LogP contribution in [-0.4, -0.2) is 4.57 Å². The van der Waals surface area contributed by atoms with Crippen LogP contribution in [0.1, 0.15) is 36.0 Å². The van der Waals surface area contributed by atoms with Crippen LogP contribution in [0.5, 0.6) is 0 Å². The second-order valence-corrected chi connectivity index (χ2v) is 18.9. The molecule has 12 aromatic rings. The number of aryl methyl sites for hydroxylation is 1. The lowest BCUT2D eigenvalue weighted by atomic mass is 9.84. The van der Waals surface area contributed by atoms with E-state index in [1.54, 1.807) is 0 Å². The van der Waals surface area contributed by atoms with Gasteiger partial charge in [0.1, 0.15) is 0 Å². The molecule has 12 rings (SSSR count). The number of aromatic nitrogens is 1. The zero-order chi connectivity index (χ0) is 41.3. The topological polar surface area (TPSA) is 4.93 Å². The highest BCUT2D eigenvalue weighted by molar-refractivity contribution is 7.26. The van der Waals surface area contributed by atoms with Gasteiger partial charge in [0.15, 0.2) is 0 Å². The van der Waals surface area contributed by atoms with E-state index in [0.29, 0.717) is 5.92 Å². The summed E-state index contributed by atoms with van der Waals surface area (Å²) in [5, 5.41) is 7.98. The van der Waals surface area contributed by atoms with Gasteiger partial charge in [0.2, 0.25) is 0 Å². The summed E-state index contributed by atoms with van der Waals surface area (Å²) in [5.41, 5.74) is 15.5. The van der Waals surface area contributed by atoms with Crippen LogP contribution in [0.4, 0.5) is 0 Å². The minimum atomic E-state index is 0.350. The number of fused-ring (bicyclic) bond motifs is 9. The van der Waals surface area contributed by atoms with E-state index >= 15 is 0 Å². The van der Waals surface area contributed by atoms with Crippen molar-refractivity contribution in [1.82, 2.24) is 4.57 Å². The van der Waals surface area contributed by atoms with E-state index < -0.39 is 0 Å². The van der Waals surface area contributed by atoms with Gasteiger partial charge in [0, 0.05) is 56.8 Å². The van der Waals surface area contributed by atoms with Crippen molar-refractivity contribution in [2.45, 2.75) is 32.6 Å². The Balaban J connectivity index is 0.943. The Morgan fingerprint density at radius 2 is 1.10 bits per heavy atom. The Hall–Kier alpha value is -6.78. The molecule has 0 aliphatic heterocycles. The van der Waals surface area contributed by atoms with Gasteiger partial charge in [-0.05, 0) is 136 Å². The summed E-state index contributed by atoms with van der Waals surface area (Å²) in [7, 11) is 0. The Morgan fingerprint density at radius 3 is 1.92 bits per heavy atom. The van der Waals surface area contributed by atoms with Crippen LogP contribution in [0.2, 0.25) is 0 Å². The average Bonchev–Trinajstić information content (AvgIpc) is 4.00. The molecule has 1 unspecified atom stereocenters. The molecule has 0 amide bonds. The zero-order valence-electron chi connectivity index (χ0n) is 34.7. The highest BCUT2D eigenvalue weighted by atomic mass is 32.1. The van der Waals surface area contributed by atoms with Crippen LogP contribution >= 0.6 is 22.7 Å². The predicted molar refractivity (Wildman–Crippen MR) is 271 cm³/mol. The molecule has 0 radical (unpaired) electrons. The number of hydrogen-bond donors (Lipinski definition) is 0. The fourth-order valence-corrected chi connectivity index (χ4v) is 12.5. The lowest BCUT2D eigenvalue weighted by Crippen LogP contribution is -2.04. The molecule has 0 fully saturated rings. The molecule has 0 N–H and O–H groups in total. The Bertz CT molecular complexity index is 3670. The third-order valence-corrected chi connectivity index (χ3v) is 15.5. The molecule has 3 heteroatoms. The number of rotatable bonds is 8. The van der Waals surface area contributed by atoms with Gasteiger partial charge in [0.25, 0.3) is 0 Å². The second kappa shape index (κ2) is 15.0. The predicted octanol–water partition coefficient (Wildman–Crippen LogP) is 17.6. The third kappa shape index (κ3) is 6.02. The number of nitrogens with zero attached hydrogens (tertiary/aromatic N) is 1. The molecule has 0 aliphatic carbocycles. The number of benzene rings is 9. The molecule has 0 spiro atoms. The maximum atomic E-state index is 2.53. The van der Waals surface area contributed by atoms with Crippen molar-refractivity contribution < 1.29 is 0 Å². The lowest BCUT2D eigenvalue weighted by molar-refractivity contribution is 0.662. The Labute approximate surface area is 369 Å². The van der Waals surface area contributed by atoms with Gasteiger partial charge in [-0.2, -0.15) is 0 Å². The van der Waals surface area contributed by atoms with Gasteiger partial charge in [-0.1, -0.05) is 140 Å². The molecular formula is C59H43NS2. The van der Waals surface area contributed by atoms with Gasteiger partial charge in [0.05, 0.1) is 11.0 Å². The number of para-hydroxylation sites is 2. The maximum Gasteiger partial charge on any atom is 0.0547 e. The second-order valence-electron chi connectivity index (χ2n) is 16.7. The largest absolute Gasteiger partial charge is 0.309 e. The molecule has 0 saturated carbocycles. The van der Waals surface area contributed by atoms with Crippen molar-refractivity contribution in [3.63, 3.8) is 0 Å². The monoisotopic (exact) mass is 829 g/mol. The summed E-state index contributed by atoms with van der Waals surface area (Å²) in [4.78, 5) is 0. The molecule has 9 aromatic carbocycles. The van der Waals surface area contributed by atoms with Gasteiger partial charge >= 0.3 is 0 Å². The molecule has 62 heavy (non-hydrogen) atoms. The van der Waals surface area contributed by atoms with Crippen LogP contribution in [-0.2, 0) is 6.42 Å². The smallest absolute Gasteiger partial charge is 0.0547 e. The Kier molecular flexibility index (Phi) is 8.95. The molecule has 0 bridgehead atoms. The number of hydrogen-bond acceptors (Lipinski definition) is 2. The van der Waals surface area contributed by atoms with Crippen LogP contribution in [0.3, 0.4) is 0 Å². The molecule has 3 aromatic heterocycles. The van der Waals surface area contributed by atoms with Crippen molar-refractivity contribution >= 4 is 84.8 Å². The lowest BCUT2D eigenvalue weighted by Gasteiger charge is -2.21. The van der Waals surface area contributed by atoms with Crippen LogP contribution < -0.4 is 0 Å². The first-order valence-electron chi connectivity index (χ1n) is 21.7. The van der Waals surface area contributed by atoms with E-state index in [1.807, 2.05) is 22.7 Å². The molecule has 1 atom stereocenters. The fourth-order valence-electron chi connectivity index (χ4n) is 10.2. The summed E-state index contributed by atoms with van der Waals surface area (Å²) >= 11 is 3.82. The number of thiophene rings is 2. The molecule has 1 nitrogen and oxygen atoms in total. The van der Waals surface area contributed by atoms with E-state index in [0.717, 1.165) is 12.8 Å². The zero-order valence-corrected chi connectivity index (χ0v) is 36.4. The molecule has 0 aliphatic rings. The molecular weight excluding hydrogens is 787 g/mol. The summed E-state index contributed by atoms with van der Waals surface area (Å²) in [6, 6.07) is 72.5. The minimum absolute atomic E-state index is 0.350. The normalized spacial score (nSPS) is 12.4. The van der Waals surface area contributed by atoms with Crippen LogP contribution in [0.15, 0.2) is 194 Å². The van der Waals surface area contributed by atoms with Crippen molar-refractivity contribution in [3.8, 4) is 39.1 Å². The summed E-state index contributed by atoms with van der Waals surface area (Å²) in [6.45, 7) is 4.65. The van der Waals surface area contributed by atoms with Gasteiger partial charge in [-0.3, -0.25) is 0 Å².